The first-order valence-electron chi connectivity index (χ1n) is 8.82. The van der Waals surface area contributed by atoms with Crippen LogP contribution in [0.15, 0.2) is 24.3 Å². The van der Waals surface area contributed by atoms with E-state index in [9.17, 15) is 4.79 Å². The van der Waals surface area contributed by atoms with E-state index < -0.39 is 0 Å². The molecule has 2 rings (SSSR count). The molecule has 1 fully saturated rings. The minimum Gasteiger partial charge on any atom is -0.492 e. The lowest BCUT2D eigenvalue weighted by Crippen LogP contribution is -2.46. The molecule has 0 saturated carbocycles. The van der Waals surface area contributed by atoms with Gasteiger partial charge in [0.05, 0.1) is 11.6 Å². The molecule has 1 saturated heterocycles. The molecule has 1 aliphatic heterocycles. The van der Waals surface area contributed by atoms with E-state index in [0.29, 0.717) is 35.9 Å². The first-order chi connectivity index (χ1) is 11.5. The number of carbonyl (C=O) groups is 1. The Balaban J connectivity index is 1.67. The highest BCUT2D eigenvalue weighted by molar-refractivity contribution is 6.32. The van der Waals surface area contributed by atoms with Crippen LogP contribution in [-0.2, 0) is 4.79 Å². The Labute approximate surface area is 150 Å². The number of benzene rings is 1. The predicted octanol–water partition coefficient (Wildman–Crippen LogP) is 3.69. The maximum Gasteiger partial charge on any atom is 0.222 e. The first-order valence-corrected chi connectivity index (χ1v) is 9.20. The fourth-order valence-electron chi connectivity index (χ4n) is 3.20. The summed E-state index contributed by atoms with van der Waals surface area (Å²) < 4.78 is 5.73. The number of piperidine rings is 1. The smallest absolute Gasteiger partial charge is 0.222 e. The average molecular weight is 353 g/mol. The van der Waals surface area contributed by atoms with Crippen molar-refractivity contribution in [3.05, 3.63) is 29.3 Å². The number of halogens is 1. The van der Waals surface area contributed by atoms with Crippen molar-refractivity contribution < 1.29 is 9.53 Å². The van der Waals surface area contributed by atoms with Crippen LogP contribution in [-0.4, -0.2) is 55.0 Å². The summed E-state index contributed by atoms with van der Waals surface area (Å²) in [5.74, 6) is 1.62. The van der Waals surface area contributed by atoms with E-state index in [1.807, 2.05) is 29.2 Å². The normalized spacial score (nSPS) is 18.5. The van der Waals surface area contributed by atoms with Gasteiger partial charge in [-0.3, -0.25) is 4.79 Å². The van der Waals surface area contributed by atoms with E-state index in [1.54, 1.807) is 0 Å². The van der Waals surface area contributed by atoms with Crippen LogP contribution in [0.25, 0.3) is 0 Å². The van der Waals surface area contributed by atoms with Gasteiger partial charge >= 0.3 is 0 Å². The number of amides is 1. The minimum absolute atomic E-state index is 0.301. The molecule has 1 unspecified atom stereocenters. The van der Waals surface area contributed by atoms with Crippen LogP contribution in [0.4, 0.5) is 0 Å². The molecule has 0 aromatic heterocycles. The maximum absolute atomic E-state index is 11.9. The molecule has 1 aliphatic rings. The third kappa shape index (κ3) is 5.67. The monoisotopic (exact) mass is 352 g/mol. The SMILES string of the molecule is CC(C)N1CC(CN(C)CCCOc2ccccc2Cl)CCC1=O. The number of carbonyl (C=O) groups excluding carboxylic acids is 1. The summed E-state index contributed by atoms with van der Waals surface area (Å²) in [6, 6.07) is 7.87. The van der Waals surface area contributed by atoms with Crippen LogP contribution in [0.5, 0.6) is 5.75 Å². The van der Waals surface area contributed by atoms with Crippen LogP contribution in [0.1, 0.15) is 33.1 Å². The first kappa shape index (κ1) is 19.1. The second-order valence-electron chi connectivity index (χ2n) is 6.94. The third-order valence-electron chi connectivity index (χ3n) is 4.51. The summed E-state index contributed by atoms with van der Waals surface area (Å²) in [5.41, 5.74) is 0. The Morgan fingerprint density at radius 1 is 1.38 bits per heavy atom. The van der Waals surface area contributed by atoms with Crippen molar-refractivity contribution in [3.8, 4) is 5.75 Å². The lowest BCUT2D eigenvalue weighted by molar-refractivity contribution is -0.136. The number of rotatable bonds is 8. The molecule has 1 atom stereocenters. The lowest BCUT2D eigenvalue weighted by Gasteiger charge is -2.37. The molecule has 1 aromatic rings. The van der Waals surface area contributed by atoms with Crippen LogP contribution in [0.2, 0.25) is 5.02 Å². The highest BCUT2D eigenvalue weighted by Gasteiger charge is 2.27. The fourth-order valence-corrected chi connectivity index (χ4v) is 3.39. The molecule has 5 heteroatoms. The van der Waals surface area contributed by atoms with Crippen molar-refractivity contribution >= 4 is 17.5 Å². The van der Waals surface area contributed by atoms with Gasteiger partial charge in [-0.15, -0.1) is 0 Å². The maximum atomic E-state index is 11.9. The van der Waals surface area contributed by atoms with Crippen molar-refractivity contribution in [1.29, 1.82) is 0 Å². The molecule has 1 amide bonds. The summed E-state index contributed by atoms with van der Waals surface area (Å²) in [6.07, 6.45) is 2.65. The molecule has 0 aliphatic carbocycles. The van der Waals surface area contributed by atoms with Gasteiger partial charge in [0.2, 0.25) is 5.91 Å². The Morgan fingerprint density at radius 3 is 2.83 bits per heavy atom. The van der Waals surface area contributed by atoms with Crippen molar-refractivity contribution in [3.63, 3.8) is 0 Å². The number of ether oxygens (including phenoxy) is 1. The summed E-state index contributed by atoms with van der Waals surface area (Å²) in [7, 11) is 2.14. The summed E-state index contributed by atoms with van der Waals surface area (Å²) in [5, 5.41) is 0.659. The lowest BCUT2D eigenvalue weighted by atomic mass is 9.96. The zero-order valence-electron chi connectivity index (χ0n) is 15.0. The third-order valence-corrected chi connectivity index (χ3v) is 4.83. The number of hydrogen-bond donors (Lipinski definition) is 0. The molecule has 134 valence electrons. The number of likely N-dealkylation sites (tertiary alicyclic amines) is 1. The molecule has 24 heavy (non-hydrogen) atoms. The van der Waals surface area contributed by atoms with E-state index in [-0.39, 0.29) is 0 Å². The summed E-state index contributed by atoms with van der Waals surface area (Å²) >= 11 is 6.08. The van der Waals surface area contributed by atoms with Gasteiger partial charge in [-0.25, -0.2) is 0 Å². The Hall–Kier alpha value is -1.26. The molecule has 4 nitrogen and oxygen atoms in total. The molecule has 0 spiro atoms. The van der Waals surface area contributed by atoms with Gasteiger partial charge in [0.15, 0.2) is 0 Å². The molecule has 0 bridgehead atoms. The van der Waals surface area contributed by atoms with Crippen molar-refractivity contribution in [2.75, 3.05) is 33.3 Å². The quantitative estimate of drug-likeness (QED) is 0.669. The number of para-hydroxylation sites is 1. The standard InChI is InChI=1S/C19H29ClN2O2/c1-15(2)22-14-16(9-10-19(22)23)13-21(3)11-6-12-24-18-8-5-4-7-17(18)20/h4-5,7-8,15-16H,6,9-14H2,1-3H3. The zero-order chi connectivity index (χ0) is 17.5. The highest BCUT2D eigenvalue weighted by Crippen LogP contribution is 2.23. The molecular weight excluding hydrogens is 324 g/mol. The molecule has 1 aromatic carbocycles. The molecule has 1 heterocycles. The zero-order valence-corrected chi connectivity index (χ0v) is 15.8. The summed E-state index contributed by atoms with van der Waals surface area (Å²) in [6.45, 7) is 7.75. The van der Waals surface area contributed by atoms with Gasteiger partial charge in [-0.2, -0.15) is 0 Å². The topological polar surface area (TPSA) is 32.8 Å². The Morgan fingerprint density at radius 2 is 2.12 bits per heavy atom. The van der Waals surface area contributed by atoms with Gasteiger partial charge in [0, 0.05) is 32.1 Å². The highest BCUT2D eigenvalue weighted by atomic mass is 35.5. The van der Waals surface area contributed by atoms with E-state index in [4.69, 9.17) is 16.3 Å². The predicted molar refractivity (Wildman–Crippen MR) is 98.6 cm³/mol. The summed E-state index contributed by atoms with van der Waals surface area (Å²) in [4.78, 5) is 16.3. The minimum atomic E-state index is 0.301. The van der Waals surface area contributed by atoms with Crippen molar-refractivity contribution in [2.45, 2.75) is 39.2 Å². The van der Waals surface area contributed by atoms with Crippen LogP contribution < -0.4 is 4.74 Å². The van der Waals surface area contributed by atoms with Crippen LogP contribution in [0.3, 0.4) is 0 Å². The van der Waals surface area contributed by atoms with E-state index in [1.165, 1.54) is 0 Å². The van der Waals surface area contributed by atoms with Crippen molar-refractivity contribution in [1.82, 2.24) is 9.80 Å². The Kier molecular flexibility index (Phi) is 7.38. The number of nitrogens with zero attached hydrogens (tertiary/aromatic N) is 2. The average Bonchev–Trinajstić information content (AvgIpc) is 2.54. The second-order valence-corrected chi connectivity index (χ2v) is 7.35. The molecule has 0 radical (unpaired) electrons. The van der Waals surface area contributed by atoms with Crippen LogP contribution >= 0.6 is 11.6 Å². The fraction of sp³-hybridized carbons (Fsp3) is 0.632. The Bertz CT molecular complexity index is 536. The van der Waals surface area contributed by atoms with Gasteiger partial charge in [-0.1, -0.05) is 23.7 Å². The van der Waals surface area contributed by atoms with Crippen LogP contribution in [0, 0.1) is 5.92 Å². The van der Waals surface area contributed by atoms with E-state index in [2.05, 4.69) is 25.8 Å². The molecular formula is C19H29ClN2O2. The van der Waals surface area contributed by atoms with Gasteiger partial charge in [-0.05, 0) is 51.8 Å². The van der Waals surface area contributed by atoms with Gasteiger partial charge in [0.1, 0.15) is 5.75 Å². The second kappa shape index (κ2) is 9.28. The largest absolute Gasteiger partial charge is 0.492 e. The molecule has 0 N–H and O–H groups in total. The van der Waals surface area contributed by atoms with E-state index >= 15 is 0 Å². The van der Waals surface area contributed by atoms with Gasteiger partial charge in [0.25, 0.3) is 0 Å². The van der Waals surface area contributed by atoms with Crippen molar-refractivity contribution in [2.24, 2.45) is 5.92 Å². The van der Waals surface area contributed by atoms with Gasteiger partial charge < -0.3 is 14.5 Å². The number of hydrogen-bond acceptors (Lipinski definition) is 3. The van der Waals surface area contributed by atoms with E-state index in [0.717, 1.165) is 38.2 Å².